The zero-order valence-electron chi connectivity index (χ0n) is 12.0. The van der Waals surface area contributed by atoms with Gasteiger partial charge in [-0.2, -0.15) is 5.10 Å². The van der Waals surface area contributed by atoms with Crippen molar-refractivity contribution in [2.75, 3.05) is 5.32 Å². The Morgan fingerprint density at radius 1 is 1.29 bits per heavy atom. The van der Waals surface area contributed by atoms with Gasteiger partial charge in [0.05, 0.1) is 5.69 Å². The standard InChI is InChI=1S/C16H18FN3O/c1-20-15(10-14(19-20)11-4-2-3-5-11)18-16(21)12-6-8-13(17)9-7-12/h6-11H,2-5H2,1H3,(H,18,21). The van der Waals surface area contributed by atoms with E-state index < -0.39 is 0 Å². The van der Waals surface area contributed by atoms with Crippen molar-refractivity contribution in [1.82, 2.24) is 9.78 Å². The number of nitrogens with one attached hydrogen (secondary N) is 1. The van der Waals surface area contributed by atoms with Crippen molar-refractivity contribution in [3.8, 4) is 0 Å². The molecular weight excluding hydrogens is 269 g/mol. The fourth-order valence-electron chi connectivity index (χ4n) is 2.82. The average molecular weight is 287 g/mol. The van der Waals surface area contributed by atoms with Gasteiger partial charge in [-0.05, 0) is 37.1 Å². The molecule has 1 amide bonds. The first kappa shape index (κ1) is 13.8. The molecule has 0 unspecified atom stereocenters. The Hall–Kier alpha value is -2.17. The van der Waals surface area contributed by atoms with Crippen LogP contribution in [0, 0.1) is 5.82 Å². The highest BCUT2D eigenvalue weighted by Gasteiger charge is 2.21. The maximum atomic E-state index is 12.9. The van der Waals surface area contributed by atoms with E-state index in [1.54, 1.807) is 4.68 Å². The summed E-state index contributed by atoms with van der Waals surface area (Å²) in [5.74, 6) is 0.575. The van der Waals surface area contributed by atoms with E-state index in [-0.39, 0.29) is 11.7 Å². The monoisotopic (exact) mass is 287 g/mol. The summed E-state index contributed by atoms with van der Waals surface area (Å²) >= 11 is 0. The number of carbonyl (C=O) groups excluding carboxylic acids is 1. The molecule has 2 aromatic rings. The van der Waals surface area contributed by atoms with Gasteiger partial charge < -0.3 is 5.32 Å². The molecule has 1 saturated carbocycles. The van der Waals surface area contributed by atoms with Crippen LogP contribution < -0.4 is 5.32 Å². The Balaban J connectivity index is 1.75. The zero-order valence-corrected chi connectivity index (χ0v) is 12.0. The molecule has 3 rings (SSSR count). The van der Waals surface area contributed by atoms with Gasteiger partial charge in [-0.25, -0.2) is 4.39 Å². The molecule has 0 radical (unpaired) electrons. The third-order valence-electron chi connectivity index (χ3n) is 4.02. The molecule has 1 N–H and O–H groups in total. The summed E-state index contributed by atoms with van der Waals surface area (Å²) in [6, 6.07) is 7.44. The van der Waals surface area contributed by atoms with Crippen LogP contribution in [-0.2, 0) is 7.05 Å². The number of aromatic nitrogens is 2. The SMILES string of the molecule is Cn1nc(C2CCCC2)cc1NC(=O)c1ccc(F)cc1. The predicted molar refractivity (Wildman–Crippen MR) is 78.8 cm³/mol. The third-order valence-corrected chi connectivity index (χ3v) is 4.02. The highest BCUT2D eigenvalue weighted by atomic mass is 19.1. The smallest absolute Gasteiger partial charge is 0.256 e. The molecule has 1 fully saturated rings. The quantitative estimate of drug-likeness (QED) is 0.939. The van der Waals surface area contributed by atoms with Gasteiger partial charge in [0.15, 0.2) is 0 Å². The number of amides is 1. The Kier molecular flexibility index (Phi) is 3.73. The lowest BCUT2D eigenvalue weighted by molar-refractivity contribution is 0.102. The van der Waals surface area contributed by atoms with Crippen LogP contribution in [0.15, 0.2) is 30.3 Å². The van der Waals surface area contributed by atoms with E-state index >= 15 is 0 Å². The van der Waals surface area contributed by atoms with Crippen LogP contribution in [0.1, 0.15) is 47.7 Å². The largest absolute Gasteiger partial charge is 0.307 e. The van der Waals surface area contributed by atoms with E-state index in [1.807, 2.05) is 13.1 Å². The molecular formula is C16H18FN3O. The number of hydrogen-bond donors (Lipinski definition) is 1. The summed E-state index contributed by atoms with van der Waals surface area (Å²) in [6.07, 6.45) is 4.84. The van der Waals surface area contributed by atoms with Crippen molar-refractivity contribution in [2.45, 2.75) is 31.6 Å². The molecule has 4 nitrogen and oxygen atoms in total. The van der Waals surface area contributed by atoms with Gasteiger partial charge in [0.1, 0.15) is 11.6 Å². The van der Waals surface area contributed by atoms with Crippen molar-refractivity contribution in [2.24, 2.45) is 7.05 Å². The first-order valence-corrected chi connectivity index (χ1v) is 7.24. The molecule has 1 aromatic carbocycles. The molecule has 0 spiro atoms. The van der Waals surface area contributed by atoms with Gasteiger partial charge in [0, 0.05) is 24.6 Å². The number of anilines is 1. The molecule has 110 valence electrons. The van der Waals surface area contributed by atoms with E-state index in [0.29, 0.717) is 17.3 Å². The van der Waals surface area contributed by atoms with Crippen LogP contribution in [0.5, 0.6) is 0 Å². The van der Waals surface area contributed by atoms with Crippen molar-refractivity contribution >= 4 is 11.7 Å². The number of benzene rings is 1. The van der Waals surface area contributed by atoms with E-state index in [4.69, 9.17) is 0 Å². The summed E-state index contributed by atoms with van der Waals surface area (Å²) in [5.41, 5.74) is 1.48. The van der Waals surface area contributed by atoms with Crippen LogP contribution in [0.3, 0.4) is 0 Å². The Morgan fingerprint density at radius 2 is 1.95 bits per heavy atom. The number of nitrogens with zero attached hydrogens (tertiary/aromatic N) is 2. The molecule has 21 heavy (non-hydrogen) atoms. The van der Waals surface area contributed by atoms with Crippen molar-refractivity contribution in [3.05, 3.63) is 47.4 Å². The Morgan fingerprint density at radius 3 is 2.62 bits per heavy atom. The van der Waals surface area contributed by atoms with Crippen LogP contribution in [0.4, 0.5) is 10.2 Å². The van der Waals surface area contributed by atoms with Gasteiger partial charge in [-0.1, -0.05) is 12.8 Å². The van der Waals surface area contributed by atoms with Gasteiger partial charge in [-0.3, -0.25) is 9.48 Å². The maximum absolute atomic E-state index is 12.9. The molecule has 1 aliphatic carbocycles. The number of rotatable bonds is 3. The average Bonchev–Trinajstić information content (AvgIpc) is 3.10. The summed E-state index contributed by atoms with van der Waals surface area (Å²) in [5, 5.41) is 7.32. The van der Waals surface area contributed by atoms with Gasteiger partial charge in [0.25, 0.3) is 5.91 Å². The summed E-state index contributed by atoms with van der Waals surface area (Å²) in [7, 11) is 1.82. The van der Waals surface area contributed by atoms with E-state index in [0.717, 1.165) is 5.69 Å². The minimum Gasteiger partial charge on any atom is -0.307 e. The topological polar surface area (TPSA) is 46.9 Å². The Labute approximate surface area is 123 Å². The Bertz CT molecular complexity index is 642. The number of carbonyl (C=O) groups is 1. The van der Waals surface area contributed by atoms with E-state index in [9.17, 15) is 9.18 Å². The molecule has 1 heterocycles. The van der Waals surface area contributed by atoms with Crippen LogP contribution in [-0.4, -0.2) is 15.7 Å². The molecule has 0 atom stereocenters. The van der Waals surface area contributed by atoms with Crippen molar-refractivity contribution in [1.29, 1.82) is 0 Å². The molecule has 1 aromatic heterocycles. The maximum Gasteiger partial charge on any atom is 0.256 e. The second kappa shape index (κ2) is 5.68. The lowest BCUT2D eigenvalue weighted by Crippen LogP contribution is -2.14. The van der Waals surface area contributed by atoms with Gasteiger partial charge >= 0.3 is 0 Å². The second-order valence-corrected chi connectivity index (χ2v) is 5.52. The van der Waals surface area contributed by atoms with Crippen LogP contribution in [0.25, 0.3) is 0 Å². The fraction of sp³-hybridized carbons (Fsp3) is 0.375. The summed E-state index contributed by atoms with van der Waals surface area (Å²) < 4.78 is 14.6. The fourth-order valence-corrected chi connectivity index (χ4v) is 2.82. The molecule has 0 saturated heterocycles. The molecule has 0 bridgehead atoms. The normalized spacial score (nSPS) is 15.3. The van der Waals surface area contributed by atoms with E-state index in [1.165, 1.54) is 49.9 Å². The number of hydrogen-bond acceptors (Lipinski definition) is 2. The highest BCUT2D eigenvalue weighted by Crippen LogP contribution is 2.34. The van der Waals surface area contributed by atoms with E-state index in [2.05, 4.69) is 10.4 Å². The van der Waals surface area contributed by atoms with Crippen LogP contribution in [0.2, 0.25) is 0 Å². The lowest BCUT2D eigenvalue weighted by Gasteiger charge is -2.04. The molecule has 0 aliphatic heterocycles. The van der Waals surface area contributed by atoms with Crippen molar-refractivity contribution in [3.63, 3.8) is 0 Å². The predicted octanol–water partition coefficient (Wildman–Crippen LogP) is 3.47. The summed E-state index contributed by atoms with van der Waals surface area (Å²) in [4.78, 5) is 12.1. The van der Waals surface area contributed by atoms with Crippen LogP contribution >= 0.6 is 0 Å². The first-order valence-electron chi connectivity index (χ1n) is 7.24. The second-order valence-electron chi connectivity index (χ2n) is 5.52. The lowest BCUT2D eigenvalue weighted by atomic mass is 10.0. The van der Waals surface area contributed by atoms with Gasteiger partial charge in [-0.15, -0.1) is 0 Å². The summed E-state index contributed by atoms with van der Waals surface area (Å²) in [6.45, 7) is 0. The first-order chi connectivity index (χ1) is 10.1. The third kappa shape index (κ3) is 2.96. The zero-order chi connectivity index (χ0) is 14.8. The molecule has 5 heteroatoms. The number of aryl methyl sites for hydroxylation is 1. The number of halogens is 1. The highest BCUT2D eigenvalue weighted by molar-refractivity contribution is 6.03. The molecule has 1 aliphatic rings. The van der Waals surface area contributed by atoms with Crippen molar-refractivity contribution < 1.29 is 9.18 Å². The minimum atomic E-state index is -0.351. The minimum absolute atomic E-state index is 0.254. The van der Waals surface area contributed by atoms with Gasteiger partial charge in [0.2, 0.25) is 0 Å².